The van der Waals surface area contributed by atoms with Gasteiger partial charge in [0, 0.05) is 18.0 Å². The number of benzene rings is 1. The minimum atomic E-state index is 0.910. The van der Waals surface area contributed by atoms with Gasteiger partial charge < -0.3 is 0 Å². The van der Waals surface area contributed by atoms with Gasteiger partial charge in [-0.05, 0) is 22.9 Å². The zero-order valence-corrected chi connectivity index (χ0v) is 13.0. The molecule has 3 rings (SSSR count). The first kappa shape index (κ1) is 15.4. The van der Waals surface area contributed by atoms with Gasteiger partial charge in [0.25, 0.3) is 0 Å². The molecule has 0 atom stereocenters. The molecule has 0 bridgehead atoms. The molecular formula is C15H18BrN3. The second kappa shape index (κ2) is 8.43. The van der Waals surface area contributed by atoms with Crippen LogP contribution in [0.4, 0.5) is 0 Å². The van der Waals surface area contributed by atoms with E-state index in [0.29, 0.717) is 0 Å². The fraction of sp³-hybridized carbons (Fsp3) is 0.200. The molecule has 0 aliphatic rings. The molecule has 100 valence electrons. The predicted octanol–water partition coefficient (Wildman–Crippen LogP) is 4.51. The zero-order valence-electron chi connectivity index (χ0n) is 11.4. The SMILES string of the molecule is CC.Cc1cnn2cc(Br)cnc12.c1ccccc1. The van der Waals surface area contributed by atoms with Crippen molar-refractivity contribution in [1.29, 1.82) is 0 Å². The second-order valence-corrected chi connectivity index (χ2v) is 4.44. The van der Waals surface area contributed by atoms with E-state index in [4.69, 9.17) is 0 Å². The number of nitrogens with zero attached hydrogens (tertiary/aromatic N) is 3. The Hall–Kier alpha value is -1.68. The van der Waals surface area contributed by atoms with Gasteiger partial charge in [-0.15, -0.1) is 0 Å². The second-order valence-electron chi connectivity index (χ2n) is 3.52. The molecule has 1 aromatic carbocycles. The molecule has 0 spiro atoms. The highest BCUT2D eigenvalue weighted by Gasteiger charge is 1.99. The normalized spacial score (nSPS) is 9.05. The molecule has 0 aliphatic carbocycles. The molecule has 0 unspecified atom stereocenters. The monoisotopic (exact) mass is 319 g/mol. The molecule has 0 saturated heterocycles. The van der Waals surface area contributed by atoms with Gasteiger partial charge in [-0.25, -0.2) is 9.50 Å². The summed E-state index contributed by atoms with van der Waals surface area (Å²) in [5.74, 6) is 0. The van der Waals surface area contributed by atoms with Crippen LogP contribution >= 0.6 is 15.9 Å². The van der Waals surface area contributed by atoms with Crippen molar-refractivity contribution >= 4 is 21.6 Å². The first-order valence-electron chi connectivity index (χ1n) is 6.23. The molecule has 2 heterocycles. The number of aryl methyl sites for hydroxylation is 1. The van der Waals surface area contributed by atoms with Crippen LogP contribution in [-0.4, -0.2) is 14.6 Å². The maximum atomic E-state index is 4.19. The van der Waals surface area contributed by atoms with E-state index < -0.39 is 0 Å². The first-order chi connectivity index (χ1) is 9.27. The van der Waals surface area contributed by atoms with E-state index in [-0.39, 0.29) is 0 Å². The van der Waals surface area contributed by atoms with Crippen molar-refractivity contribution in [3.8, 4) is 0 Å². The number of halogens is 1. The lowest BCUT2D eigenvalue weighted by Crippen LogP contribution is -1.88. The van der Waals surface area contributed by atoms with Crippen LogP contribution in [0.2, 0.25) is 0 Å². The summed E-state index contributed by atoms with van der Waals surface area (Å²) >= 11 is 3.32. The van der Waals surface area contributed by atoms with Crippen LogP contribution in [0, 0.1) is 6.92 Å². The van der Waals surface area contributed by atoms with Gasteiger partial charge in [-0.3, -0.25) is 0 Å². The van der Waals surface area contributed by atoms with Crippen molar-refractivity contribution in [2.75, 3.05) is 0 Å². The number of aromatic nitrogens is 3. The Balaban J connectivity index is 0.000000192. The van der Waals surface area contributed by atoms with Crippen molar-refractivity contribution in [3.63, 3.8) is 0 Å². The quantitative estimate of drug-likeness (QED) is 0.610. The summed E-state index contributed by atoms with van der Waals surface area (Å²) in [4.78, 5) is 4.19. The van der Waals surface area contributed by atoms with E-state index in [2.05, 4.69) is 26.0 Å². The van der Waals surface area contributed by atoms with Gasteiger partial charge in [0.05, 0.1) is 10.7 Å². The minimum Gasteiger partial charge on any atom is -0.236 e. The minimum absolute atomic E-state index is 0.910. The number of hydrogen-bond acceptors (Lipinski definition) is 2. The maximum absolute atomic E-state index is 4.19. The van der Waals surface area contributed by atoms with Crippen molar-refractivity contribution in [1.82, 2.24) is 14.6 Å². The third kappa shape index (κ3) is 4.83. The standard InChI is InChI=1S/C7H6BrN3.C6H6.C2H6/c1-5-2-10-11-4-6(8)3-9-7(5)11;1-2-4-6-5-3-1;1-2/h2-4H,1H3;1-6H;1-2H3. The number of hydrogen-bond donors (Lipinski definition) is 0. The van der Waals surface area contributed by atoms with Crippen LogP contribution in [0.25, 0.3) is 5.65 Å². The predicted molar refractivity (Wildman–Crippen MR) is 83.2 cm³/mol. The smallest absolute Gasteiger partial charge is 0.157 e. The average molecular weight is 320 g/mol. The summed E-state index contributed by atoms with van der Waals surface area (Å²) < 4.78 is 2.69. The van der Waals surface area contributed by atoms with Crippen molar-refractivity contribution in [3.05, 3.63) is 65.0 Å². The van der Waals surface area contributed by atoms with Crippen LogP contribution in [0.3, 0.4) is 0 Å². The Labute approximate surface area is 122 Å². The number of fused-ring (bicyclic) bond motifs is 1. The lowest BCUT2D eigenvalue weighted by atomic mass is 10.4. The summed E-state index contributed by atoms with van der Waals surface area (Å²) in [6.45, 7) is 5.99. The van der Waals surface area contributed by atoms with E-state index in [1.54, 1.807) is 16.9 Å². The summed E-state index contributed by atoms with van der Waals surface area (Å²) in [5, 5.41) is 4.10. The third-order valence-corrected chi connectivity index (χ3v) is 2.58. The molecule has 0 N–H and O–H groups in total. The highest BCUT2D eigenvalue weighted by atomic mass is 79.9. The third-order valence-electron chi connectivity index (χ3n) is 2.17. The fourth-order valence-electron chi connectivity index (χ4n) is 1.36. The Bertz CT molecular complexity index is 564. The van der Waals surface area contributed by atoms with Crippen LogP contribution in [-0.2, 0) is 0 Å². The van der Waals surface area contributed by atoms with Gasteiger partial charge in [-0.1, -0.05) is 50.2 Å². The van der Waals surface area contributed by atoms with Gasteiger partial charge in [0.15, 0.2) is 5.65 Å². The lowest BCUT2D eigenvalue weighted by molar-refractivity contribution is 0.933. The van der Waals surface area contributed by atoms with Gasteiger partial charge in [-0.2, -0.15) is 5.10 Å². The van der Waals surface area contributed by atoms with Crippen molar-refractivity contribution in [2.45, 2.75) is 20.8 Å². The highest BCUT2D eigenvalue weighted by Crippen LogP contribution is 2.10. The highest BCUT2D eigenvalue weighted by molar-refractivity contribution is 9.10. The van der Waals surface area contributed by atoms with Crippen LogP contribution in [0.1, 0.15) is 19.4 Å². The van der Waals surface area contributed by atoms with Crippen molar-refractivity contribution in [2.24, 2.45) is 0 Å². The largest absolute Gasteiger partial charge is 0.236 e. The fourth-order valence-corrected chi connectivity index (χ4v) is 1.65. The van der Waals surface area contributed by atoms with Crippen molar-refractivity contribution < 1.29 is 0 Å². The maximum Gasteiger partial charge on any atom is 0.157 e. The van der Waals surface area contributed by atoms with E-state index in [1.165, 1.54) is 0 Å². The van der Waals surface area contributed by atoms with E-state index in [0.717, 1.165) is 15.7 Å². The van der Waals surface area contributed by atoms with Gasteiger partial charge in [0.2, 0.25) is 0 Å². The number of rotatable bonds is 0. The molecule has 4 heteroatoms. The van der Waals surface area contributed by atoms with E-state index in [1.807, 2.05) is 63.4 Å². The van der Waals surface area contributed by atoms with Gasteiger partial charge in [0.1, 0.15) is 0 Å². The van der Waals surface area contributed by atoms with Crippen LogP contribution in [0.15, 0.2) is 59.5 Å². The summed E-state index contributed by atoms with van der Waals surface area (Å²) in [6.07, 6.45) is 5.45. The Morgan fingerprint density at radius 2 is 1.47 bits per heavy atom. The molecule has 0 fully saturated rings. The molecule has 0 aliphatic heterocycles. The summed E-state index contributed by atoms with van der Waals surface area (Å²) in [6, 6.07) is 12.0. The van der Waals surface area contributed by atoms with Crippen LogP contribution in [0.5, 0.6) is 0 Å². The zero-order chi connectivity index (χ0) is 14.1. The topological polar surface area (TPSA) is 30.2 Å². The molecule has 0 amide bonds. The summed E-state index contributed by atoms with van der Waals surface area (Å²) in [5.41, 5.74) is 2.01. The Kier molecular flexibility index (Phi) is 6.82. The summed E-state index contributed by atoms with van der Waals surface area (Å²) in [7, 11) is 0. The Morgan fingerprint density at radius 1 is 0.947 bits per heavy atom. The molecule has 3 aromatic rings. The van der Waals surface area contributed by atoms with E-state index in [9.17, 15) is 0 Å². The van der Waals surface area contributed by atoms with E-state index >= 15 is 0 Å². The lowest BCUT2D eigenvalue weighted by Gasteiger charge is -1.92. The first-order valence-corrected chi connectivity index (χ1v) is 7.02. The molecule has 0 saturated carbocycles. The van der Waals surface area contributed by atoms with Gasteiger partial charge >= 0.3 is 0 Å². The molecule has 19 heavy (non-hydrogen) atoms. The molecule has 2 aromatic heterocycles. The molecule has 0 radical (unpaired) electrons. The molecule has 3 nitrogen and oxygen atoms in total. The Morgan fingerprint density at radius 3 is 2.00 bits per heavy atom. The molecular weight excluding hydrogens is 302 g/mol. The van der Waals surface area contributed by atoms with Crippen LogP contribution < -0.4 is 0 Å². The average Bonchev–Trinajstić information content (AvgIpc) is 2.84.